The second-order valence-corrected chi connectivity index (χ2v) is 8.92. The highest BCUT2D eigenvalue weighted by Crippen LogP contribution is 2.32. The van der Waals surface area contributed by atoms with Crippen LogP contribution in [0.3, 0.4) is 0 Å². The molecule has 1 N–H and O–H groups in total. The van der Waals surface area contributed by atoms with Crippen LogP contribution >= 0.6 is 11.3 Å². The van der Waals surface area contributed by atoms with E-state index in [1.165, 1.54) is 18.6 Å². The van der Waals surface area contributed by atoms with Gasteiger partial charge in [-0.1, -0.05) is 49.7 Å². The molecule has 6 nitrogen and oxygen atoms in total. The molecule has 1 saturated carbocycles. The SMILES string of the molecule is CCCN(CCC(=O)Nc1nnc(-c2ccc(C(F)(F)F)cc2)s1)C(=O)C1CCCCC1. The predicted molar refractivity (Wildman–Crippen MR) is 117 cm³/mol. The number of halogens is 3. The third-order valence-corrected chi connectivity index (χ3v) is 6.39. The molecule has 1 aliphatic carbocycles. The van der Waals surface area contributed by atoms with Gasteiger partial charge >= 0.3 is 6.18 Å². The number of anilines is 1. The average Bonchev–Trinajstić information content (AvgIpc) is 3.24. The van der Waals surface area contributed by atoms with Gasteiger partial charge in [0.05, 0.1) is 5.56 Å². The lowest BCUT2D eigenvalue weighted by atomic mass is 9.88. The zero-order valence-corrected chi connectivity index (χ0v) is 18.8. The third kappa shape index (κ3) is 6.51. The largest absolute Gasteiger partial charge is 0.416 e. The Hall–Kier alpha value is -2.49. The molecule has 0 unspecified atom stereocenters. The van der Waals surface area contributed by atoms with Gasteiger partial charge in [0.25, 0.3) is 0 Å². The number of hydrogen-bond acceptors (Lipinski definition) is 5. The summed E-state index contributed by atoms with van der Waals surface area (Å²) in [7, 11) is 0. The molecule has 0 spiro atoms. The summed E-state index contributed by atoms with van der Waals surface area (Å²) in [6, 6.07) is 4.63. The minimum Gasteiger partial charge on any atom is -0.342 e. The molecule has 0 atom stereocenters. The molecular formula is C22H27F3N4O2S. The molecule has 1 aromatic heterocycles. The molecule has 10 heteroatoms. The first-order chi connectivity index (χ1) is 15.3. The summed E-state index contributed by atoms with van der Waals surface area (Å²) in [6.07, 6.45) is 1.75. The minimum atomic E-state index is -4.40. The summed E-state index contributed by atoms with van der Waals surface area (Å²) < 4.78 is 38.1. The van der Waals surface area contributed by atoms with E-state index in [1.54, 1.807) is 4.90 Å². The van der Waals surface area contributed by atoms with Crippen molar-refractivity contribution in [3.8, 4) is 10.6 Å². The second-order valence-electron chi connectivity index (χ2n) is 7.95. The highest BCUT2D eigenvalue weighted by atomic mass is 32.1. The molecule has 2 aromatic rings. The Morgan fingerprint density at radius 3 is 2.41 bits per heavy atom. The van der Waals surface area contributed by atoms with Crippen LogP contribution in [0.2, 0.25) is 0 Å². The van der Waals surface area contributed by atoms with Crippen molar-refractivity contribution in [1.82, 2.24) is 15.1 Å². The highest BCUT2D eigenvalue weighted by Gasteiger charge is 2.30. The van der Waals surface area contributed by atoms with E-state index in [0.29, 0.717) is 23.7 Å². The molecule has 174 valence electrons. The molecule has 1 aromatic carbocycles. The Kier molecular flexibility index (Phi) is 8.22. The zero-order chi connectivity index (χ0) is 23.1. The van der Waals surface area contributed by atoms with Gasteiger partial charge in [-0.25, -0.2) is 0 Å². The van der Waals surface area contributed by atoms with Gasteiger partial charge in [0.2, 0.25) is 16.9 Å². The molecule has 2 amide bonds. The maximum absolute atomic E-state index is 12.8. The number of nitrogens with zero attached hydrogens (tertiary/aromatic N) is 3. The summed E-state index contributed by atoms with van der Waals surface area (Å²) in [6.45, 7) is 2.98. The number of hydrogen-bond donors (Lipinski definition) is 1. The van der Waals surface area contributed by atoms with Crippen molar-refractivity contribution < 1.29 is 22.8 Å². The minimum absolute atomic E-state index is 0.0628. The van der Waals surface area contributed by atoms with Gasteiger partial charge in [0, 0.05) is 31.0 Å². The van der Waals surface area contributed by atoms with E-state index < -0.39 is 11.7 Å². The molecule has 0 saturated heterocycles. The maximum Gasteiger partial charge on any atom is 0.416 e. The van der Waals surface area contributed by atoms with Crippen molar-refractivity contribution in [2.45, 2.75) is 58.0 Å². The van der Waals surface area contributed by atoms with Crippen LogP contribution in [0.1, 0.15) is 57.4 Å². The number of nitrogens with one attached hydrogen (secondary N) is 1. The lowest BCUT2D eigenvalue weighted by Gasteiger charge is -2.29. The van der Waals surface area contributed by atoms with Crippen LogP contribution in [0, 0.1) is 5.92 Å². The number of amides is 2. The summed E-state index contributed by atoms with van der Waals surface area (Å²) in [5, 5.41) is 11.2. The fourth-order valence-corrected chi connectivity index (χ4v) is 4.59. The fourth-order valence-electron chi connectivity index (χ4n) is 3.82. The molecule has 1 heterocycles. The van der Waals surface area contributed by atoms with Crippen LogP contribution in [-0.4, -0.2) is 40.0 Å². The molecule has 0 bridgehead atoms. The summed E-state index contributed by atoms with van der Waals surface area (Å²) in [5.74, 6) is -0.0784. The van der Waals surface area contributed by atoms with E-state index in [0.717, 1.165) is 55.6 Å². The standard InChI is InChI=1S/C22H27F3N4O2S/c1-2-13-29(20(31)16-6-4-3-5-7-16)14-12-18(30)26-21-28-27-19(32-21)15-8-10-17(11-9-15)22(23,24)25/h8-11,16H,2-7,12-14H2,1H3,(H,26,28,30). The molecule has 0 aliphatic heterocycles. The van der Waals surface area contributed by atoms with Crippen molar-refractivity contribution in [3.63, 3.8) is 0 Å². The van der Waals surface area contributed by atoms with Gasteiger partial charge in [0.1, 0.15) is 5.01 Å². The van der Waals surface area contributed by atoms with Crippen LogP contribution in [-0.2, 0) is 15.8 Å². The van der Waals surface area contributed by atoms with E-state index in [2.05, 4.69) is 15.5 Å². The Bertz CT molecular complexity index is 909. The van der Waals surface area contributed by atoms with Crippen molar-refractivity contribution in [3.05, 3.63) is 29.8 Å². The van der Waals surface area contributed by atoms with E-state index >= 15 is 0 Å². The molecule has 1 aliphatic rings. The smallest absolute Gasteiger partial charge is 0.342 e. The number of carbonyl (C=O) groups excluding carboxylic acids is 2. The molecule has 0 radical (unpaired) electrons. The number of carbonyl (C=O) groups is 2. The summed E-state index contributed by atoms with van der Waals surface area (Å²) in [5.41, 5.74) is -0.248. The Morgan fingerprint density at radius 2 is 1.78 bits per heavy atom. The normalized spacial score (nSPS) is 14.9. The third-order valence-electron chi connectivity index (χ3n) is 5.50. The Morgan fingerprint density at radius 1 is 1.09 bits per heavy atom. The van der Waals surface area contributed by atoms with E-state index in [1.807, 2.05) is 6.92 Å². The first kappa shape index (κ1) is 24.2. The first-order valence-electron chi connectivity index (χ1n) is 10.9. The van der Waals surface area contributed by atoms with Gasteiger partial charge in [-0.2, -0.15) is 13.2 Å². The Labute approximate surface area is 189 Å². The predicted octanol–water partition coefficient (Wildman–Crippen LogP) is 5.37. The molecular weight excluding hydrogens is 441 g/mol. The second kappa shape index (κ2) is 10.9. The zero-order valence-electron chi connectivity index (χ0n) is 18.0. The van der Waals surface area contributed by atoms with Crippen LogP contribution in [0.15, 0.2) is 24.3 Å². The summed E-state index contributed by atoms with van der Waals surface area (Å²) in [4.78, 5) is 27.0. The van der Waals surface area contributed by atoms with E-state index in [4.69, 9.17) is 0 Å². The van der Waals surface area contributed by atoms with Crippen LogP contribution in [0.4, 0.5) is 18.3 Å². The summed E-state index contributed by atoms with van der Waals surface area (Å²) >= 11 is 1.09. The molecule has 3 rings (SSSR count). The number of alkyl halides is 3. The topological polar surface area (TPSA) is 75.2 Å². The van der Waals surface area contributed by atoms with Crippen molar-refractivity contribution in [2.24, 2.45) is 5.92 Å². The number of aromatic nitrogens is 2. The van der Waals surface area contributed by atoms with E-state index in [-0.39, 0.29) is 29.3 Å². The van der Waals surface area contributed by atoms with Crippen molar-refractivity contribution >= 4 is 28.3 Å². The van der Waals surface area contributed by atoms with E-state index in [9.17, 15) is 22.8 Å². The van der Waals surface area contributed by atoms with Gasteiger partial charge in [-0.15, -0.1) is 10.2 Å². The van der Waals surface area contributed by atoms with Crippen LogP contribution in [0.25, 0.3) is 10.6 Å². The Balaban J connectivity index is 1.54. The molecule has 1 fully saturated rings. The lowest BCUT2D eigenvalue weighted by molar-refractivity contribution is -0.138. The first-order valence-corrected chi connectivity index (χ1v) is 11.7. The molecule has 32 heavy (non-hydrogen) atoms. The van der Waals surface area contributed by atoms with Crippen LogP contribution in [0.5, 0.6) is 0 Å². The lowest BCUT2D eigenvalue weighted by Crippen LogP contribution is -2.39. The average molecular weight is 469 g/mol. The van der Waals surface area contributed by atoms with Gasteiger partial charge in [-0.3, -0.25) is 9.59 Å². The number of benzene rings is 1. The van der Waals surface area contributed by atoms with Crippen LogP contribution < -0.4 is 5.32 Å². The maximum atomic E-state index is 12.8. The monoisotopic (exact) mass is 468 g/mol. The highest BCUT2D eigenvalue weighted by molar-refractivity contribution is 7.18. The van der Waals surface area contributed by atoms with Gasteiger partial charge in [0.15, 0.2) is 0 Å². The van der Waals surface area contributed by atoms with Gasteiger partial charge in [-0.05, 0) is 31.4 Å². The van der Waals surface area contributed by atoms with Crippen molar-refractivity contribution in [2.75, 3.05) is 18.4 Å². The fraction of sp³-hybridized carbons (Fsp3) is 0.545. The van der Waals surface area contributed by atoms with Crippen molar-refractivity contribution in [1.29, 1.82) is 0 Å². The van der Waals surface area contributed by atoms with Gasteiger partial charge < -0.3 is 10.2 Å². The quantitative estimate of drug-likeness (QED) is 0.565. The number of rotatable bonds is 8.